The number of hydrogen-bond donors (Lipinski definition) is 1. The molecular weight excluding hydrogens is 312 g/mol. The molecular formula is C17H20N2O5. The summed E-state index contributed by atoms with van der Waals surface area (Å²) in [4.78, 5) is 47.7. The highest BCUT2D eigenvalue weighted by Crippen LogP contribution is 2.14. The van der Waals surface area contributed by atoms with Gasteiger partial charge in [0, 0.05) is 31.5 Å². The van der Waals surface area contributed by atoms with Crippen molar-refractivity contribution >= 4 is 29.4 Å². The lowest BCUT2D eigenvalue weighted by molar-refractivity contribution is -0.138. The zero-order chi connectivity index (χ0) is 17.7. The van der Waals surface area contributed by atoms with Gasteiger partial charge in [-0.2, -0.15) is 0 Å². The third kappa shape index (κ3) is 4.65. The van der Waals surface area contributed by atoms with Crippen LogP contribution in [-0.4, -0.2) is 41.2 Å². The van der Waals surface area contributed by atoms with Crippen molar-refractivity contribution in [3.8, 4) is 0 Å². The first-order valence-corrected chi connectivity index (χ1v) is 7.81. The zero-order valence-corrected chi connectivity index (χ0v) is 13.7. The number of carbonyl (C=O) groups excluding carboxylic acids is 4. The van der Waals surface area contributed by atoms with Gasteiger partial charge < -0.3 is 10.1 Å². The van der Waals surface area contributed by atoms with Gasteiger partial charge in [-0.3, -0.25) is 19.3 Å². The molecule has 3 amide bonds. The van der Waals surface area contributed by atoms with Crippen LogP contribution in [0.5, 0.6) is 0 Å². The molecule has 0 aliphatic carbocycles. The van der Waals surface area contributed by atoms with Gasteiger partial charge in [0.1, 0.15) is 0 Å². The fraction of sp³-hybridized carbons (Fsp3) is 0.412. The molecule has 7 heteroatoms. The number of nitrogens with zero attached hydrogens (tertiary/aromatic N) is 1. The van der Waals surface area contributed by atoms with Crippen molar-refractivity contribution in [3.05, 3.63) is 29.8 Å². The molecule has 1 aliphatic rings. The van der Waals surface area contributed by atoms with E-state index in [-0.39, 0.29) is 49.6 Å². The van der Waals surface area contributed by atoms with Crippen molar-refractivity contribution in [1.82, 2.24) is 4.90 Å². The van der Waals surface area contributed by atoms with E-state index < -0.39 is 5.97 Å². The van der Waals surface area contributed by atoms with Crippen LogP contribution in [0.1, 0.15) is 43.5 Å². The van der Waals surface area contributed by atoms with E-state index in [1.165, 1.54) is 0 Å². The van der Waals surface area contributed by atoms with Crippen LogP contribution in [0.25, 0.3) is 0 Å². The number of anilines is 1. The molecule has 2 rings (SSSR count). The zero-order valence-electron chi connectivity index (χ0n) is 13.7. The minimum Gasteiger partial charge on any atom is -0.459 e. The summed E-state index contributed by atoms with van der Waals surface area (Å²) in [5, 5.41) is 2.66. The molecule has 1 aromatic carbocycles. The van der Waals surface area contributed by atoms with Crippen LogP contribution in [0.15, 0.2) is 24.3 Å². The SMILES string of the molecule is CC(C)OC(=O)c1ccc(NC(=O)CCN2C(=O)CCC2=O)cc1. The number of hydrogen-bond acceptors (Lipinski definition) is 5. The summed E-state index contributed by atoms with van der Waals surface area (Å²) < 4.78 is 5.08. The summed E-state index contributed by atoms with van der Waals surface area (Å²) in [6, 6.07) is 6.32. The van der Waals surface area contributed by atoms with Crippen LogP contribution < -0.4 is 5.32 Å². The summed E-state index contributed by atoms with van der Waals surface area (Å²) in [5.41, 5.74) is 0.926. The maximum atomic E-state index is 11.9. The molecule has 1 heterocycles. The molecule has 0 unspecified atom stereocenters. The van der Waals surface area contributed by atoms with E-state index in [0.717, 1.165) is 4.90 Å². The predicted molar refractivity (Wildman–Crippen MR) is 86.2 cm³/mol. The molecule has 0 saturated carbocycles. The maximum absolute atomic E-state index is 11.9. The van der Waals surface area contributed by atoms with Gasteiger partial charge in [0.15, 0.2) is 0 Å². The summed E-state index contributed by atoms with van der Waals surface area (Å²) in [6.45, 7) is 3.62. The first kappa shape index (κ1) is 17.7. The van der Waals surface area contributed by atoms with E-state index in [1.54, 1.807) is 38.1 Å². The Labute approximate surface area is 140 Å². The van der Waals surface area contributed by atoms with E-state index in [4.69, 9.17) is 4.74 Å². The fourth-order valence-electron chi connectivity index (χ4n) is 2.28. The number of carbonyl (C=O) groups is 4. The Morgan fingerprint density at radius 1 is 1.12 bits per heavy atom. The number of likely N-dealkylation sites (tertiary alicyclic amines) is 1. The largest absolute Gasteiger partial charge is 0.459 e. The molecule has 1 fully saturated rings. The Morgan fingerprint density at radius 2 is 1.71 bits per heavy atom. The molecule has 0 bridgehead atoms. The van der Waals surface area contributed by atoms with Gasteiger partial charge >= 0.3 is 5.97 Å². The molecule has 0 spiro atoms. The highest BCUT2D eigenvalue weighted by atomic mass is 16.5. The van der Waals surface area contributed by atoms with E-state index in [2.05, 4.69) is 5.32 Å². The van der Waals surface area contributed by atoms with Crippen LogP contribution in [0, 0.1) is 0 Å². The molecule has 1 saturated heterocycles. The van der Waals surface area contributed by atoms with Crippen molar-refractivity contribution in [2.75, 3.05) is 11.9 Å². The van der Waals surface area contributed by atoms with Gasteiger partial charge in [-0.25, -0.2) is 4.79 Å². The van der Waals surface area contributed by atoms with Gasteiger partial charge in [0.2, 0.25) is 17.7 Å². The van der Waals surface area contributed by atoms with Crippen molar-refractivity contribution in [3.63, 3.8) is 0 Å². The second-order valence-electron chi connectivity index (χ2n) is 5.77. The molecule has 1 N–H and O–H groups in total. The smallest absolute Gasteiger partial charge is 0.338 e. The molecule has 1 aliphatic heterocycles. The van der Waals surface area contributed by atoms with E-state index in [9.17, 15) is 19.2 Å². The van der Waals surface area contributed by atoms with Crippen molar-refractivity contribution in [2.45, 2.75) is 39.2 Å². The molecule has 128 valence electrons. The van der Waals surface area contributed by atoms with Crippen LogP contribution in [0.4, 0.5) is 5.69 Å². The van der Waals surface area contributed by atoms with Gasteiger partial charge in [0.05, 0.1) is 11.7 Å². The third-order valence-electron chi connectivity index (χ3n) is 3.46. The van der Waals surface area contributed by atoms with Gasteiger partial charge in [0.25, 0.3) is 0 Å². The molecule has 0 aromatic heterocycles. The topological polar surface area (TPSA) is 92.8 Å². The first-order valence-electron chi connectivity index (χ1n) is 7.81. The molecule has 1 aromatic rings. The molecule has 0 atom stereocenters. The normalized spacial score (nSPS) is 14.2. The lowest BCUT2D eigenvalue weighted by atomic mass is 10.2. The van der Waals surface area contributed by atoms with Gasteiger partial charge in [-0.15, -0.1) is 0 Å². The Hall–Kier alpha value is -2.70. The first-order chi connectivity index (χ1) is 11.4. The van der Waals surface area contributed by atoms with Crippen LogP contribution >= 0.6 is 0 Å². The Morgan fingerprint density at radius 3 is 2.25 bits per heavy atom. The average Bonchev–Trinajstić information content (AvgIpc) is 2.84. The number of esters is 1. The number of nitrogens with one attached hydrogen (secondary N) is 1. The minimum absolute atomic E-state index is 0.0363. The van der Waals surface area contributed by atoms with Crippen LogP contribution in [0.3, 0.4) is 0 Å². The molecule has 7 nitrogen and oxygen atoms in total. The second-order valence-corrected chi connectivity index (χ2v) is 5.77. The van der Waals surface area contributed by atoms with Crippen molar-refractivity contribution in [2.24, 2.45) is 0 Å². The summed E-state index contributed by atoms with van der Waals surface area (Å²) >= 11 is 0. The Bertz CT molecular complexity index is 635. The number of imide groups is 1. The monoisotopic (exact) mass is 332 g/mol. The highest BCUT2D eigenvalue weighted by molar-refractivity contribution is 6.02. The average molecular weight is 332 g/mol. The summed E-state index contributed by atoms with van der Waals surface area (Å²) in [7, 11) is 0. The number of benzene rings is 1. The quantitative estimate of drug-likeness (QED) is 0.632. The minimum atomic E-state index is -0.422. The molecule has 24 heavy (non-hydrogen) atoms. The fourth-order valence-corrected chi connectivity index (χ4v) is 2.28. The van der Waals surface area contributed by atoms with Gasteiger partial charge in [-0.05, 0) is 38.1 Å². The number of amides is 3. The maximum Gasteiger partial charge on any atom is 0.338 e. The number of ether oxygens (including phenoxy) is 1. The lowest BCUT2D eigenvalue weighted by Gasteiger charge is -2.13. The van der Waals surface area contributed by atoms with Crippen molar-refractivity contribution in [1.29, 1.82) is 0 Å². The highest BCUT2D eigenvalue weighted by Gasteiger charge is 2.28. The Balaban J connectivity index is 1.84. The van der Waals surface area contributed by atoms with Crippen LogP contribution in [-0.2, 0) is 19.1 Å². The summed E-state index contributed by atoms with van der Waals surface area (Å²) in [6.07, 6.45) is 0.269. The van der Waals surface area contributed by atoms with E-state index in [1.807, 2.05) is 0 Å². The molecule has 0 radical (unpaired) electrons. The predicted octanol–water partition coefficient (Wildman–Crippen LogP) is 1.73. The summed E-state index contributed by atoms with van der Waals surface area (Å²) in [5.74, 6) is -1.20. The lowest BCUT2D eigenvalue weighted by Crippen LogP contribution is -2.32. The third-order valence-corrected chi connectivity index (χ3v) is 3.46. The number of rotatable bonds is 6. The Kier molecular flexibility index (Phi) is 5.68. The van der Waals surface area contributed by atoms with Gasteiger partial charge in [-0.1, -0.05) is 0 Å². The van der Waals surface area contributed by atoms with Crippen molar-refractivity contribution < 1.29 is 23.9 Å². The van der Waals surface area contributed by atoms with E-state index in [0.29, 0.717) is 11.3 Å². The van der Waals surface area contributed by atoms with E-state index >= 15 is 0 Å². The second kappa shape index (κ2) is 7.72. The standard InChI is InChI=1S/C17H20N2O5/c1-11(2)24-17(23)12-3-5-13(6-4-12)18-14(20)9-10-19-15(21)7-8-16(19)22/h3-6,11H,7-10H2,1-2H3,(H,18,20). The van der Waals surface area contributed by atoms with Crippen LogP contribution in [0.2, 0.25) is 0 Å².